The Balaban J connectivity index is 1.46. The zero-order valence-corrected chi connectivity index (χ0v) is 17.7. The van der Waals surface area contributed by atoms with Gasteiger partial charge in [-0.05, 0) is 75.4 Å². The third-order valence-corrected chi connectivity index (χ3v) is 5.72. The Morgan fingerprint density at radius 2 is 1.94 bits per heavy atom. The molecule has 31 heavy (non-hydrogen) atoms. The third-order valence-electron chi connectivity index (χ3n) is 5.72. The minimum absolute atomic E-state index is 0.101. The summed E-state index contributed by atoms with van der Waals surface area (Å²) in [5.74, 6) is 2.01. The molecular weight excluding hydrogens is 392 g/mol. The SMILES string of the molecule is CCOc1ccc(-c2nc(Cn3cnc4nc5c(cc4c3=O)CCCC5)c(C)o2)cc1. The molecule has 0 spiro atoms. The molecule has 1 aliphatic rings. The Bertz CT molecular complexity index is 1310. The molecule has 0 amide bonds. The van der Waals surface area contributed by atoms with Crippen LogP contribution in [0.2, 0.25) is 0 Å². The first kappa shape index (κ1) is 19.5. The van der Waals surface area contributed by atoms with Crippen molar-refractivity contribution >= 4 is 11.0 Å². The highest BCUT2D eigenvalue weighted by Gasteiger charge is 2.17. The van der Waals surface area contributed by atoms with Crippen LogP contribution in [-0.4, -0.2) is 26.1 Å². The van der Waals surface area contributed by atoms with E-state index in [1.807, 2.05) is 44.2 Å². The summed E-state index contributed by atoms with van der Waals surface area (Å²) in [6, 6.07) is 9.59. The minimum atomic E-state index is -0.101. The van der Waals surface area contributed by atoms with E-state index in [0.29, 0.717) is 41.5 Å². The van der Waals surface area contributed by atoms with Gasteiger partial charge in [-0.2, -0.15) is 0 Å². The smallest absolute Gasteiger partial charge is 0.263 e. The van der Waals surface area contributed by atoms with Gasteiger partial charge in [0.05, 0.1) is 18.5 Å². The molecule has 7 nitrogen and oxygen atoms in total. The number of hydrogen-bond acceptors (Lipinski definition) is 6. The molecule has 0 aliphatic heterocycles. The van der Waals surface area contributed by atoms with Crippen molar-refractivity contribution in [2.75, 3.05) is 6.61 Å². The first-order chi connectivity index (χ1) is 15.1. The van der Waals surface area contributed by atoms with E-state index >= 15 is 0 Å². The first-order valence-electron chi connectivity index (χ1n) is 10.7. The fourth-order valence-electron chi connectivity index (χ4n) is 4.04. The number of rotatable bonds is 5. The van der Waals surface area contributed by atoms with Crippen LogP contribution in [0.25, 0.3) is 22.5 Å². The van der Waals surface area contributed by atoms with Crippen molar-refractivity contribution in [1.82, 2.24) is 19.5 Å². The number of pyridine rings is 1. The summed E-state index contributed by atoms with van der Waals surface area (Å²) in [7, 11) is 0. The van der Waals surface area contributed by atoms with Crippen LogP contribution < -0.4 is 10.3 Å². The Labute approximate surface area is 179 Å². The molecule has 158 valence electrons. The fraction of sp³-hybridized carbons (Fsp3) is 0.333. The largest absolute Gasteiger partial charge is 0.494 e. The van der Waals surface area contributed by atoms with Gasteiger partial charge < -0.3 is 9.15 Å². The molecule has 3 heterocycles. The maximum Gasteiger partial charge on any atom is 0.263 e. The van der Waals surface area contributed by atoms with Crippen LogP contribution in [0.4, 0.5) is 0 Å². The highest BCUT2D eigenvalue weighted by molar-refractivity contribution is 5.74. The number of nitrogens with zero attached hydrogens (tertiary/aromatic N) is 4. The molecule has 0 atom stereocenters. The van der Waals surface area contributed by atoms with Crippen molar-refractivity contribution in [2.24, 2.45) is 0 Å². The second kappa shape index (κ2) is 7.98. The minimum Gasteiger partial charge on any atom is -0.494 e. The van der Waals surface area contributed by atoms with E-state index in [2.05, 4.69) is 15.0 Å². The van der Waals surface area contributed by atoms with E-state index < -0.39 is 0 Å². The van der Waals surface area contributed by atoms with Gasteiger partial charge in [-0.15, -0.1) is 0 Å². The summed E-state index contributed by atoms with van der Waals surface area (Å²) in [5, 5.41) is 0.566. The van der Waals surface area contributed by atoms with Crippen molar-refractivity contribution in [3.05, 3.63) is 69.7 Å². The van der Waals surface area contributed by atoms with Gasteiger partial charge in [0.15, 0.2) is 5.65 Å². The predicted molar refractivity (Wildman–Crippen MR) is 117 cm³/mol. The van der Waals surface area contributed by atoms with Crippen molar-refractivity contribution in [2.45, 2.75) is 46.1 Å². The summed E-state index contributed by atoms with van der Waals surface area (Å²) in [5.41, 5.74) is 4.24. The molecule has 1 aromatic carbocycles. The number of aryl methyl sites for hydroxylation is 3. The van der Waals surface area contributed by atoms with Gasteiger partial charge >= 0.3 is 0 Å². The van der Waals surface area contributed by atoms with Crippen molar-refractivity contribution in [3.63, 3.8) is 0 Å². The number of aromatic nitrogens is 4. The molecule has 3 aromatic heterocycles. The van der Waals surface area contributed by atoms with E-state index in [1.54, 1.807) is 10.9 Å². The maximum absolute atomic E-state index is 13.1. The average molecular weight is 416 g/mol. The molecule has 4 aromatic rings. The van der Waals surface area contributed by atoms with Crippen LogP contribution in [-0.2, 0) is 19.4 Å². The van der Waals surface area contributed by atoms with Crippen LogP contribution in [0.3, 0.4) is 0 Å². The number of oxazole rings is 1. The zero-order valence-electron chi connectivity index (χ0n) is 17.7. The number of fused-ring (bicyclic) bond motifs is 2. The molecule has 5 rings (SSSR count). The highest BCUT2D eigenvalue weighted by Crippen LogP contribution is 2.25. The molecule has 0 saturated carbocycles. The van der Waals surface area contributed by atoms with E-state index in [0.717, 1.165) is 42.7 Å². The van der Waals surface area contributed by atoms with E-state index in [9.17, 15) is 4.79 Å². The molecule has 0 unspecified atom stereocenters. The normalized spacial score (nSPS) is 13.4. The molecule has 0 radical (unpaired) electrons. The van der Waals surface area contributed by atoms with Gasteiger partial charge in [-0.3, -0.25) is 9.36 Å². The topological polar surface area (TPSA) is 83.0 Å². The summed E-state index contributed by atoms with van der Waals surface area (Å²) < 4.78 is 12.9. The second-order valence-electron chi connectivity index (χ2n) is 7.83. The van der Waals surface area contributed by atoms with Crippen LogP contribution in [0, 0.1) is 6.92 Å². The van der Waals surface area contributed by atoms with Gasteiger partial charge in [-0.1, -0.05) is 0 Å². The van der Waals surface area contributed by atoms with Gasteiger partial charge in [0.25, 0.3) is 5.56 Å². The lowest BCUT2D eigenvalue weighted by Gasteiger charge is -2.15. The predicted octanol–water partition coefficient (Wildman–Crippen LogP) is 4.08. The molecule has 0 bridgehead atoms. The average Bonchev–Trinajstić information content (AvgIpc) is 3.15. The standard InChI is InChI=1S/C24H24N4O3/c1-3-30-18-10-8-16(9-11-18)23-27-21(15(2)31-23)13-28-14-25-22-19(24(28)29)12-17-6-4-5-7-20(17)26-22/h8-12,14H,3-7,13H2,1-2H3. The fourth-order valence-corrected chi connectivity index (χ4v) is 4.04. The van der Waals surface area contributed by atoms with E-state index in [-0.39, 0.29) is 5.56 Å². The van der Waals surface area contributed by atoms with Gasteiger partial charge in [-0.25, -0.2) is 15.0 Å². The Hall–Kier alpha value is -3.48. The third kappa shape index (κ3) is 3.71. The molecule has 0 N–H and O–H groups in total. The van der Waals surface area contributed by atoms with E-state index in [1.165, 1.54) is 5.56 Å². The van der Waals surface area contributed by atoms with Crippen molar-refractivity contribution in [3.8, 4) is 17.2 Å². The Kier molecular flexibility index (Phi) is 5.02. The quantitative estimate of drug-likeness (QED) is 0.487. The van der Waals surface area contributed by atoms with Crippen LogP contribution in [0.15, 0.2) is 45.9 Å². The second-order valence-corrected chi connectivity index (χ2v) is 7.83. The van der Waals surface area contributed by atoms with Gasteiger partial charge in [0.1, 0.15) is 23.5 Å². The number of ether oxygens (including phenoxy) is 1. The molecule has 7 heteroatoms. The van der Waals surface area contributed by atoms with Crippen molar-refractivity contribution in [1.29, 1.82) is 0 Å². The highest BCUT2D eigenvalue weighted by atomic mass is 16.5. The monoisotopic (exact) mass is 416 g/mol. The summed E-state index contributed by atoms with van der Waals surface area (Å²) in [6.07, 6.45) is 5.77. The maximum atomic E-state index is 13.1. The number of hydrogen-bond donors (Lipinski definition) is 0. The lowest BCUT2D eigenvalue weighted by atomic mass is 9.95. The van der Waals surface area contributed by atoms with Gasteiger partial charge in [0, 0.05) is 11.3 Å². The van der Waals surface area contributed by atoms with Gasteiger partial charge in [0.2, 0.25) is 5.89 Å². The zero-order chi connectivity index (χ0) is 21.4. The summed E-state index contributed by atoms with van der Waals surface area (Å²) in [6.45, 7) is 4.73. The Morgan fingerprint density at radius 1 is 1.13 bits per heavy atom. The molecule has 0 fully saturated rings. The van der Waals surface area contributed by atoms with Crippen LogP contribution in [0.5, 0.6) is 5.75 Å². The summed E-state index contributed by atoms with van der Waals surface area (Å²) >= 11 is 0. The first-order valence-corrected chi connectivity index (χ1v) is 10.7. The van der Waals surface area contributed by atoms with E-state index in [4.69, 9.17) is 9.15 Å². The van der Waals surface area contributed by atoms with Crippen molar-refractivity contribution < 1.29 is 9.15 Å². The van der Waals surface area contributed by atoms with Crippen LogP contribution >= 0.6 is 0 Å². The Morgan fingerprint density at radius 3 is 2.74 bits per heavy atom. The van der Waals surface area contributed by atoms with Crippen LogP contribution in [0.1, 0.15) is 42.5 Å². The molecule has 1 aliphatic carbocycles. The lowest BCUT2D eigenvalue weighted by Crippen LogP contribution is -2.23. The number of benzene rings is 1. The lowest BCUT2D eigenvalue weighted by molar-refractivity contribution is 0.340. The molecular formula is C24H24N4O3. The summed E-state index contributed by atoms with van der Waals surface area (Å²) in [4.78, 5) is 26.8. The molecule has 0 saturated heterocycles.